The summed E-state index contributed by atoms with van der Waals surface area (Å²) in [6.45, 7) is 8.71. The number of ether oxygens (including phenoxy) is 1. The van der Waals surface area contributed by atoms with E-state index in [1.807, 2.05) is 13.8 Å². The van der Waals surface area contributed by atoms with E-state index >= 15 is 0 Å². The highest BCUT2D eigenvalue weighted by Crippen LogP contribution is 2.24. The lowest BCUT2D eigenvalue weighted by atomic mass is 10.2. The van der Waals surface area contributed by atoms with Crippen molar-refractivity contribution in [2.24, 2.45) is 0 Å². The highest BCUT2D eigenvalue weighted by atomic mass is 32.1. The molecule has 20 heavy (non-hydrogen) atoms. The largest absolute Gasteiger partial charge is 0.382 e. The maximum Gasteiger partial charge on any atom is 0.203 e. The number of aromatic nitrogens is 2. The van der Waals surface area contributed by atoms with Gasteiger partial charge < -0.3 is 14.6 Å². The quantitative estimate of drug-likeness (QED) is 0.754. The van der Waals surface area contributed by atoms with Crippen LogP contribution >= 0.6 is 11.3 Å². The van der Waals surface area contributed by atoms with Crippen LogP contribution in [-0.4, -0.2) is 29.3 Å². The number of thiophene rings is 1. The number of nitrogens with one attached hydrogen (secondary N) is 1. The summed E-state index contributed by atoms with van der Waals surface area (Å²) in [4.78, 5) is 4.57. The van der Waals surface area contributed by atoms with Gasteiger partial charge in [0, 0.05) is 26.0 Å². The normalized spacial score (nSPS) is 12.6. The minimum Gasteiger partial charge on any atom is -0.382 e. The van der Waals surface area contributed by atoms with E-state index in [4.69, 9.17) is 4.74 Å². The topological polar surface area (TPSA) is 39.1 Å². The number of imidazole rings is 1. The van der Waals surface area contributed by atoms with Gasteiger partial charge in [-0.25, -0.2) is 4.98 Å². The summed E-state index contributed by atoms with van der Waals surface area (Å²) in [6, 6.07) is 2.47. The lowest BCUT2D eigenvalue weighted by molar-refractivity contribution is 0.147. The minimum atomic E-state index is 0.303. The zero-order valence-corrected chi connectivity index (χ0v) is 13.2. The summed E-state index contributed by atoms with van der Waals surface area (Å²) in [7, 11) is 0. The van der Waals surface area contributed by atoms with E-state index in [0.717, 1.165) is 37.8 Å². The van der Waals surface area contributed by atoms with Gasteiger partial charge in [-0.3, -0.25) is 0 Å². The number of anilines is 1. The van der Waals surface area contributed by atoms with E-state index in [9.17, 15) is 0 Å². The molecule has 0 saturated carbocycles. The molecule has 2 rings (SSSR count). The maximum atomic E-state index is 5.35. The Morgan fingerprint density at radius 1 is 1.50 bits per heavy atom. The summed E-state index contributed by atoms with van der Waals surface area (Å²) in [5, 5.41) is 7.72. The van der Waals surface area contributed by atoms with Gasteiger partial charge in [0.25, 0.3) is 0 Å². The van der Waals surface area contributed by atoms with Gasteiger partial charge in [-0.2, -0.15) is 11.3 Å². The molecule has 0 bridgehead atoms. The number of nitrogens with zero attached hydrogens (tertiary/aromatic N) is 2. The van der Waals surface area contributed by atoms with Crippen molar-refractivity contribution in [2.45, 2.75) is 33.2 Å². The van der Waals surface area contributed by atoms with Crippen LogP contribution in [0.15, 0.2) is 23.0 Å². The molecular formula is C15H23N3OS. The third-order valence-electron chi connectivity index (χ3n) is 3.25. The molecule has 0 aliphatic carbocycles. The fourth-order valence-corrected chi connectivity index (χ4v) is 2.88. The van der Waals surface area contributed by atoms with Crippen molar-refractivity contribution in [3.05, 3.63) is 34.3 Å². The molecule has 2 aromatic heterocycles. The fourth-order valence-electron chi connectivity index (χ4n) is 2.13. The minimum absolute atomic E-state index is 0.303. The molecule has 0 saturated heterocycles. The molecule has 2 heterocycles. The fraction of sp³-hybridized carbons (Fsp3) is 0.533. The molecule has 2 aromatic rings. The summed E-state index contributed by atoms with van der Waals surface area (Å²) in [5.74, 6) is 0.942. The standard InChI is InChI=1S/C15H23N3OS/c1-4-19-8-5-7-16-15-17-12(2)10-18(15)13(3)14-6-9-20-11-14/h6,9-11,13H,4-5,7-8H2,1-3H3,(H,16,17). The van der Waals surface area contributed by atoms with Gasteiger partial charge in [0.1, 0.15) is 0 Å². The van der Waals surface area contributed by atoms with Gasteiger partial charge in [0.2, 0.25) is 5.95 Å². The molecule has 1 unspecified atom stereocenters. The number of hydrogen-bond donors (Lipinski definition) is 1. The van der Waals surface area contributed by atoms with Crippen molar-refractivity contribution in [3.63, 3.8) is 0 Å². The SMILES string of the molecule is CCOCCCNc1nc(C)cn1C(C)c1ccsc1. The van der Waals surface area contributed by atoms with Gasteiger partial charge in [-0.1, -0.05) is 0 Å². The van der Waals surface area contributed by atoms with Crippen molar-refractivity contribution in [2.75, 3.05) is 25.1 Å². The average molecular weight is 293 g/mol. The van der Waals surface area contributed by atoms with E-state index in [1.54, 1.807) is 11.3 Å². The van der Waals surface area contributed by atoms with Crippen LogP contribution in [0.5, 0.6) is 0 Å². The summed E-state index contributed by atoms with van der Waals surface area (Å²) >= 11 is 1.73. The van der Waals surface area contributed by atoms with Crippen molar-refractivity contribution in [1.82, 2.24) is 9.55 Å². The highest BCUT2D eigenvalue weighted by molar-refractivity contribution is 7.07. The Kier molecular flexibility index (Phi) is 5.61. The predicted molar refractivity (Wildman–Crippen MR) is 84.7 cm³/mol. The van der Waals surface area contributed by atoms with Gasteiger partial charge in [0.05, 0.1) is 11.7 Å². The molecular weight excluding hydrogens is 270 g/mol. The molecule has 0 aromatic carbocycles. The van der Waals surface area contributed by atoms with Crippen LogP contribution < -0.4 is 5.32 Å². The van der Waals surface area contributed by atoms with E-state index < -0.39 is 0 Å². The van der Waals surface area contributed by atoms with Gasteiger partial charge in [-0.05, 0) is 49.6 Å². The molecule has 0 aliphatic rings. The third-order valence-corrected chi connectivity index (χ3v) is 3.95. The molecule has 0 radical (unpaired) electrons. The first-order valence-electron chi connectivity index (χ1n) is 7.11. The van der Waals surface area contributed by atoms with Crippen molar-refractivity contribution < 1.29 is 4.74 Å². The van der Waals surface area contributed by atoms with Crippen LogP contribution in [0.4, 0.5) is 5.95 Å². The van der Waals surface area contributed by atoms with Crippen LogP contribution in [-0.2, 0) is 4.74 Å². The van der Waals surface area contributed by atoms with Crippen LogP contribution in [0.3, 0.4) is 0 Å². The van der Waals surface area contributed by atoms with Gasteiger partial charge in [0.15, 0.2) is 0 Å². The first-order chi connectivity index (χ1) is 9.72. The molecule has 1 atom stereocenters. The lowest BCUT2D eigenvalue weighted by Gasteiger charge is -2.16. The van der Waals surface area contributed by atoms with E-state index in [2.05, 4.69) is 44.8 Å². The van der Waals surface area contributed by atoms with Crippen LogP contribution in [0.2, 0.25) is 0 Å². The van der Waals surface area contributed by atoms with Crippen molar-refractivity contribution in [3.8, 4) is 0 Å². The summed E-state index contributed by atoms with van der Waals surface area (Å²) in [6.07, 6.45) is 3.10. The molecule has 4 nitrogen and oxygen atoms in total. The third kappa shape index (κ3) is 3.84. The second-order valence-corrected chi connectivity index (χ2v) is 5.60. The van der Waals surface area contributed by atoms with Crippen LogP contribution in [0.1, 0.15) is 37.6 Å². The Balaban J connectivity index is 1.99. The van der Waals surface area contributed by atoms with Crippen LogP contribution in [0, 0.1) is 6.92 Å². The van der Waals surface area contributed by atoms with Crippen molar-refractivity contribution >= 4 is 17.3 Å². The second-order valence-electron chi connectivity index (χ2n) is 4.82. The monoisotopic (exact) mass is 293 g/mol. The molecule has 110 valence electrons. The maximum absolute atomic E-state index is 5.35. The molecule has 1 N–H and O–H groups in total. The van der Waals surface area contributed by atoms with Gasteiger partial charge in [-0.15, -0.1) is 0 Å². The van der Waals surface area contributed by atoms with Gasteiger partial charge >= 0.3 is 0 Å². The second kappa shape index (κ2) is 7.45. The summed E-state index contributed by atoms with van der Waals surface area (Å²) < 4.78 is 7.55. The lowest BCUT2D eigenvalue weighted by Crippen LogP contribution is -2.13. The molecule has 5 heteroatoms. The zero-order valence-electron chi connectivity index (χ0n) is 12.4. The van der Waals surface area contributed by atoms with E-state index in [0.29, 0.717) is 6.04 Å². The summed E-state index contributed by atoms with van der Waals surface area (Å²) in [5.41, 5.74) is 2.36. The first kappa shape index (κ1) is 15.1. The molecule has 0 fully saturated rings. The predicted octanol–water partition coefficient (Wildman–Crippen LogP) is 3.70. The highest BCUT2D eigenvalue weighted by Gasteiger charge is 2.13. The number of hydrogen-bond acceptors (Lipinski definition) is 4. The zero-order chi connectivity index (χ0) is 14.4. The Labute approximate surface area is 124 Å². The molecule has 0 aliphatic heterocycles. The van der Waals surface area contributed by atoms with E-state index in [-0.39, 0.29) is 0 Å². The molecule has 0 spiro atoms. The van der Waals surface area contributed by atoms with Crippen LogP contribution in [0.25, 0.3) is 0 Å². The number of aryl methyl sites for hydroxylation is 1. The first-order valence-corrected chi connectivity index (χ1v) is 8.05. The Morgan fingerprint density at radius 2 is 2.35 bits per heavy atom. The van der Waals surface area contributed by atoms with E-state index in [1.165, 1.54) is 5.56 Å². The Morgan fingerprint density at radius 3 is 3.05 bits per heavy atom. The Hall–Kier alpha value is -1.33. The average Bonchev–Trinajstić information content (AvgIpc) is 3.07. The molecule has 0 amide bonds. The number of rotatable bonds is 8. The van der Waals surface area contributed by atoms with Crippen molar-refractivity contribution in [1.29, 1.82) is 0 Å². The Bertz CT molecular complexity index is 507. The smallest absolute Gasteiger partial charge is 0.203 e.